The third kappa shape index (κ3) is 2.96. The van der Waals surface area contributed by atoms with Crippen LogP contribution in [0.2, 0.25) is 0 Å². The normalized spacial score (nSPS) is 11.2. The van der Waals surface area contributed by atoms with E-state index < -0.39 is 0 Å². The molecule has 2 aromatic carbocycles. The Bertz CT molecular complexity index is 819. The lowest BCUT2D eigenvalue weighted by atomic mass is 10.2. The van der Waals surface area contributed by atoms with Gasteiger partial charge in [0.15, 0.2) is 0 Å². The van der Waals surface area contributed by atoms with Crippen LogP contribution in [0.15, 0.2) is 40.9 Å². The van der Waals surface area contributed by atoms with Gasteiger partial charge in [0.05, 0.1) is 27.0 Å². The Hall–Kier alpha value is -0.660. The van der Waals surface area contributed by atoms with Crippen LogP contribution in [-0.4, -0.2) is 9.55 Å². The zero-order valence-electron chi connectivity index (χ0n) is 10.8. The molecule has 0 amide bonds. The minimum absolute atomic E-state index is 0.238. The largest absolute Gasteiger partial charge is 0.322 e. The number of fused-ring (bicyclic) bond motifs is 1. The summed E-state index contributed by atoms with van der Waals surface area (Å²) in [4.78, 5) is 4.50. The molecule has 0 spiro atoms. The first-order valence-corrected chi connectivity index (χ1v) is 8.64. The molecular weight excluding hydrogens is 469 g/mol. The number of halogens is 4. The topological polar surface area (TPSA) is 17.8 Å². The number of benzene rings is 2. The summed E-state index contributed by atoms with van der Waals surface area (Å²) in [5, 5.41) is 0. The maximum atomic E-state index is 13.9. The zero-order chi connectivity index (χ0) is 15.0. The quantitative estimate of drug-likeness (QED) is 0.367. The molecule has 0 N–H and O–H groups in total. The van der Waals surface area contributed by atoms with Crippen LogP contribution in [0.3, 0.4) is 0 Å². The predicted octanol–water partition coefficient (Wildman–Crippen LogP) is 5.33. The number of hydrogen-bond acceptors (Lipinski definition) is 1. The van der Waals surface area contributed by atoms with E-state index in [1.807, 2.05) is 51.4 Å². The van der Waals surface area contributed by atoms with E-state index in [9.17, 15) is 4.39 Å². The highest BCUT2D eigenvalue weighted by molar-refractivity contribution is 14.1. The molecule has 0 aliphatic carbocycles. The molecule has 21 heavy (non-hydrogen) atoms. The van der Waals surface area contributed by atoms with Gasteiger partial charge < -0.3 is 4.57 Å². The van der Waals surface area contributed by atoms with Gasteiger partial charge >= 0.3 is 0 Å². The Kier molecular flexibility index (Phi) is 4.51. The van der Waals surface area contributed by atoms with Crippen molar-refractivity contribution in [2.75, 3.05) is 0 Å². The van der Waals surface area contributed by atoms with Crippen LogP contribution < -0.4 is 0 Å². The Morgan fingerprint density at radius 3 is 2.76 bits per heavy atom. The van der Waals surface area contributed by atoms with Crippen molar-refractivity contribution in [3.8, 4) is 0 Å². The predicted molar refractivity (Wildman–Crippen MR) is 95.2 cm³/mol. The van der Waals surface area contributed by atoms with Crippen molar-refractivity contribution in [3.63, 3.8) is 0 Å². The lowest BCUT2D eigenvalue weighted by molar-refractivity contribution is 0.621. The molecule has 2 nitrogen and oxygen atoms in total. The molecule has 6 heteroatoms. The second-order valence-electron chi connectivity index (χ2n) is 4.59. The van der Waals surface area contributed by atoms with Crippen LogP contribution in [-0.2, 0) is 12.4 Å². The summed E-state index contributed by atoms with van der Waals surface area (Å²) >= 11 is 11.5. The number of hydrogen-bond donors (Lipinski definition) is 0. The summed E-state index contributed by atoms with van der Waals surface area (Å²) in [6.45, 7) is 0.597. The van der Waals surface area contributed by atoms with E-state index in [4.69, 9.17) is 11.6 Å². The lowest BCUT2D eigenvalue weighted by Crippen LogP contribution is -2.04. The standard InChI is InChI=1S/C15H10BrClFIN2/c16-10-4-2-1-3-9(10)8-21-14-5-11(18)12(19)6-13(14)20-15(21)7-17/h1-6H,7-8H2. The number of aromatic nitrogens is 2. The van der Waals surface area contributed by atoms with Gasteiger partial charge in [0, 0.05) is 10.5 Å². The third-order valence-corrected chi connectivity index (χ3v) is 5.11. The highest BCUT2D eigenvalue weighted by Crippen LogP contribution is 2.25. The van der Waals surface area contributed by atoms with Gasteiger partial charge in [-0.05, 0) is 40.3 Å². The molecule has 0 radical (unpaired) electrons. The van der Waals surface area contributed by atoms with Gasteiger partial charge in [0.25, 0.3) is 0 Å². The summed E-state index contributed by atoms with van der Waals surface area (Å²) in [7, 11) is 0. The fraction of sp³-hybridized carbons (Fsp3) is 0.133. The van der Waals surface area contributed by atoms with Crippen molar-refractivity contribution in [1.82, 2.24) is 9.55 Å². The first kappa shape index (κ1) is 15.2. The average Bonchev–Trinajstić information content (AvgIpc) is 2.79. The molecule has 0 saturated heterocycles. The maximum Gasteiger partial charge on any atom is 0.138 e. The van der Waals surface area contributed by atoms with Crippen LogP contribution in [0.25, 0.3) is 11.0 Å². The van der Waals surface area contributed by atoms with Crippen LogP contribution in [0, 0.1) is 9.39 Å². The van der Waals surface area contributed by atoms with Crippen molar-refractivity contribution in [2.45, 2.75) is 12.4 Å². The molecule has 0 atom stereocenters. The van der Waals surface area contributed by atoms with E-state index in [0.29, 0.717) is 10.1 Å². The SMILES string of the molecule is Fc1cc2c(cc1I)nc(CCl)n2Cc1ccccc1Br. The van der Waals surface area contributed by atoms with E-state index >= 15 is 0 Å². The Balaban J connectivity index is 2.16. The van der Waals surface area contributed by atoms with Crippen molar-refractivity contribution < 1.29 is 4.39 Å². The van der Waals surface area contributed by atoms with Gasteiger partial charge in [-0.25, -0.2) is 9.37 Å². The number of nitrogens with zero attached hydrogens (tertiary/aromatic N) is 2. The fourth-order valence-electron chi connectivity index (χ4n) is 2.25. The number of imidazole rings is 1. The van der Waals surface area contributed by atoms with Crippen molar-refractivity contribution >= 4 is 61.2 Å². The molecule has 3 aromatic rings. The van der Waals surface area contributed by atoms with Crippen molar-refractivity contribution in [2.24, 2.45) is 0 Å². The summed E-state index contributed by atoms with van der Waals surface area (Å²) < 4.78 is 17.4. The van der Waals surface area contributed by atoms with Crippen LogP contribution in [0.5, 0.6) is 0 Å². The molecule has 0 aliphatic heterocycles. The molecule has 0 bridgehead atoms. The van der Waals surface area contributed by atoms with Crippen LogP contribution in [0.4, 0.5) is 4.39 Å². The van der Waals surface area contributed by atoms with Crippen LogP contribution in [0.1, 0.15) is 11.4 Å². The van der Waals surface area contributed by atoms with Crippen molar-refractivity contribution in [1.29, 1.82) is 0 Å². The third-order valence-electron chi connectivity index (χ3n) is 3.28. The fourth-order valence-corrected chi connectivity index (χ4v) is 3.31. The summed E-state index contributed by atoms with van der Waals surface area (Å²) in [5.41, 5.74) is 2.63. The van der Waals surface area contributed by atoms with E-state index in [1.165, 1.54) is 6.07 Å². The molecule has 1 heterocycles. The molecular formula is C15H10BrClFIN2. The highest BCUT2D eigenvalue weighted by Gasteiger charge is 2.14. The molecule has 3 rings (SSSR count). The van der Waals surface area contributed by atoms with Gasteiger partial charge in [-0.3, -0.25) is 0 Å². The minimum atomic E-state index is -0.238. The second-order valence-corrected chi connectivity index (χ2v) is 6.88. The number of alkyl halides is 1. The summed E-state index contributed by atoms with van der Waals surface area (Å²) in [6, 6.07) is 11.2. The van der Waals surface area contributed by atoms with Crippen molar-refractivity contribution in [3.05, 3.63) is 61.6 Å². The molecule has 0 saturated carbocycles. The molecule has 0 fully saturated rings. The summed E-state index contributed by atoms with van der Waals surface area (Å²) in [6.07, 6.45) is 0. The first-order chi connectivity index (χ1) is 10.1. The van der Waals surface area contributed by atoms with E-state index in [2.05, 4.69) is 20.9 Å². The molecule has 0 unspecified atom stereocenters. The second kappa shape index (κ2) is 6.22. The Labute approximate surface area is 148 Å². The van der Waals surface area contributed by atoms with Gasteiger partial charge in [0.1, 0.15) is 11.6 Å². The van der Waals surface area contributed by atoms with Gasteiger partial charge in [-0.2, -0.15) is 0 Å². The van der Waals surface area contributed by atoms with E-state index in [-0.39, 0.29) is 11.7 Å². The smallest absolute Gasteiger partial charge is 0.138 e. The Morgan fingerprint density at radius 2 is 2.05 bits per heavy atom. The minimum Gasteiger partial charge on any atom is -0.322 e. The lowest BCUT2D eigenvalue weighted by Gasteiger charge is -2.09. The van der Waals surface area contributed by atoms with Gasteiger partial charge in [-0.1, -0.05) is 34.1 Å². The first-order valence-electron chi connectivity index (χ1n) is 6.23. The highest BCUT2D eigenvalue weighted by atomic mass is 127. The zero-order valence-corrected chi connectivity index (χ0v) is 15.3. The van der Waals surface area contributed by atoms with E-state index in [0.717, 1.165) is 26.9 Å². The van der Waals surface area contributed by atoms with Gasteiger partial charge in [-0.15, -0.1) is 11.6 Å². The summed E-state index contributed by atoms with van der Waals surface area (Å²) in [5.74, 6) is 0.790. The maximum absolute atomic E-state index is 13.9. The van der Waals surface area contributed by atoms with Crippen LogP contribution >= 0.6 is 50.1 Å². The van der Waals surface area contributed by atoms with E-state index in [1.54, 1.807) is 6.07 Å². The number of rotatable bonds is 3. The molecule has 1 aromatic heterocycles. The Morgan fingerprint density at radius 1 is 1.29 bits per heavy atom. The molecule has 0 aliphatic rings. The molecule has 108 valence electrons. The van der Waals surface area contributed by atoms with Gasteiger partial charge in [0.2, 0.25) is 0 Å². The average molecular weight is 480 g/mol. The monoisotopic (exact) mass is 478 g/mol.